The summed E-state index contributed by atoms with van der Waals surface area (Å²) in [6.45, 7) is 5.02. The van der Waals surface area contributed by atoms with Gasteiger partial charge >= 0.3 is 0 Å². The highest BCUT2D eigenvalue weighted by Crippen LogP contribution is 2.25. The topological polar surface area (TPSA) is 55.9 Å². The summed E-state index contributed by atoms with van der Waals surface area (Å²) in [5, 5.41) is 5.08. The number of nitrogens with one attached hydrogen (secondary N) is 1. The minimum atomic E-state index is -0.0938. The van der Waals surface area contributed by atoms with Crippen LogP contribution in [0.4, 0.5) is 0 Å². The fourth-order valence-corrected chi connectivity index (χ4v) is 2.24. The van der Waals surface area contributed by atoms with E-state index in [0.717, 1.165) is 34.7 Å². The fraction of sp³-hybridized carbons (Fsp3) is 0.357. The second-order valence-electron chi connectivity index (χ2n) is 4.65. The van der Waals surface area contributed by atoms with E-state index in [2.05, 4.69) is 17.4 Å². The average Bonchev–Trinajstić information content (AvgIpc) is 2.83. The van der Waals surface area contributed by atoms with Crippen molar-refractivity contribution in [3.63, 3.8) is 0 Å². The Hall–Kier alpha value is -1.36. The lowest BCUT2D eigenvalue weighted by Crippen LogP contribution is -2.28. The molecule has 0 aliphatic heterocycles. The van der Waals surface area contributed by atoms with E-state index in [4.69, 9.17) is 17.4 Å². The molecule has 4 nitrogen and oxygen atoms in total. The normalized spacial score (nSPS) is 12.6. The number of nitrogens with zero attached hydrogens (tertiary/aromatic N) is 2. The molecule has 0 saturated carbocycles. The van der Waals surface area contributed by atoms with Crippen molar-refractivity contribution in [2.24, 2.45) is 5.84 Å². The Bertz CT molecular complexity index is 550. The van der Waals surface area contributed by atoms with Crippen LogP contribution < -0.4 is 11.3 Å². The molecule has 2 rings (SSSR count). The Morgan fingerprint density at radius 1 is 1.42 bits per heavy atom. The number of aromatic nitrogens is 2. The molecule has 1 unspecified atom stereocenters. The quantitative estimate of drug-likeness (QED) is 0.653. The van der Waals surface area contributed by atoms with Gasteiger partial charge in [0.25, 0.3) is 0 Å². The summed E-state index contributed by atoms with van der Waals surface area (Å²) in [4.78, 5) is 0. The maximum atomic E-state index is 6.17. The van der Waals surface area contributed by atoms with Crippen LogP contribution in [0.15, 0.2) is 30.6 Å². The van der Waals surface area contributed by atoms with Crippen LogP contribution in [0.1, 0.15) is 36.1 Å². The molecule has 0 spiro atoms. The van der Waals surface area contributed by atoms with Crippen LogP contribution in [-0.4, -0.2) is 9.78 Å². The van der Waals surface area contributed by atoms with Gasteiger partial charge in [-0.1, -0.05) is 30.7 Å². The van der Waals surface area contributed by atoms with Gasteiger partial charge in [-0.2, -0.15) is 5.10 Å². The molecule has 0 aliphatic carbocycles. The Morgan fingerprint density at radius 2 is 2.21 bits per heavy atom. The van der Waals surface area contributed by atoms with Gasteiger partial charge in [0, 0.05) is 23.3 Å². The second kappa shape index (κ2) is 6.19. The van der Waals surface area contributed by atoms with Gasteiger partial charge in [0.15, 0.2) is 0 Å². The summed E-state index contributed by atoms with van der Waals surface area (Å²) in [7, 11) is 0. The summed E-state index contributed by atoms with van der Waals surface area (Å²) in [5.41, 5.74) is 5.96. The highest BCUT2D eigenvalue weighted by atomic mass is 35.5. The highest BCUT2D eigenvalue weighted by Gasteiger charge is 2.15. The Morgan fingerprint density at radius 3 is 2.84 bits per heavy atom. The third-order valence-corrected chi connectivity index (χ3v) is 3.54. The summed E-state index contributed by atoms with van der Waals surface area (Å²) in [6.07, 6.45) is 4.91. The van der Waals surface area contributed by atoms with Crippen molar-refractivity contribution >= 4 is 11.6 Å². The number of halogens is 1. The molecule has 102 valence electrons. The van der Waals surface area contributed by atoms with E-state index in [0.29, 0.717) is 0 Å². The molecule has 0 aliphatic rings. The Kier molecular flexibility index (Phi) is 4.58. The molecule has 1 aromatic carbocycles. The van der Waals surface area contributed by atoms with E-state index in [9.17, 15) is 0 Å². The minimum absolute atomic E-state index is 0.0938. The molecule has 0 fully saturated rings. The predicted molar refractivity (Wildman–Crippen MR) is 77.9 cm³/mol. The predicted octanol–water partition coefficient (Wildman–Crippen LogP) is 2.81. The van der Waals surface area contributed by atoms with E-state index in [1.54, 1.807) is 0 Å². The smallest absolute Gasteiger partial charge is 0.0741 e. The molecule has 3 N–H and O–H groups in total. The SMILES string of the molecule is CCCn1cc(C(NN)c2ccc(C)c(Cl)c2)cn1. The standard InChI is InChI=1S/C14H19ClN4/c1-3-6-19-9-12(8-17-19)14(18-16)11-5-4-10(2)13(15)7-11/h4-5,7-9,14,18H,3,6,16H2,1-2H3. The van der Waals surface area contributed by atoms with Gasteiger partial charge in [-0.25, -0.2) is 5.43 Å². The third kappa shape index (κ3) is 3.15. The molecule has 0 saturated heterocycles. The highest BCUT2D eigenvalue weighted by molar-refractivity contribution is 6.31. The van der Waals surface area contributed by atoms with E-state index in [-0.39, 0.29) is 6.04 Å². The summed E-state index contributed by atoms with van der Waals surface area (Å²) >= 11 is 6.17. The zero-order valence-electron chi connectivity index (χ0n) is 11.2. The molecule has 19 heavy (non-hydrogen) atoms. The van der Waals surface area contributed by atoms with Crippen molar-refractivity contribution in [3.8, 4) is 0 Å². The molecule has 5 heteroatoms. The molecule has 0 bridgehead atoms. The molecular formula is C14H19ClN4. The lowest BCUT2D eigenvalue weighted by atomic mass is 10.0. The number of aryl methyl sites for hydroxylation is 2. The summed E-state index contributed by atoms with van der Waals surface area (Å²) in [6, 6.07) is 5.88. The van der Waals surface area contributed by atoms with Crippen LogP contribution in [0.5, 0.6) is 0 Å². The van der Waals surface area contributed by atoms with Crippen molar-refractivity contribution in [1.29, 1.82) is 0 Å². The minimum Gasteiger partial charge on any atom is -0.272 e. The molecule has 0 radical (unpaired) electrons. The maximum Gasteiger partial charge on any atom is 0.0741 e. The van der Waals surface area contributed by atoms with E-state index >= 15 is 0 Å². The molecule has 2 aromatic rings. The van der Waals surface area contributed by atoms with Crippen molar-refractivity contribution in [3.05, 3.63) is 52.3 Å². The first-order valence-corrected chi connectivity index (χ1v) is 6.78. The van der Waals surface area contributed by atoms with Gasteiger partial charge in [-0.15, -0.1) is 0 Å². The van der Waals surface area contributed by atoms with Gasteiger partial charge in [-0.3, -0.25) is 10.5 Å². The molecule has 1 heterocycles. The van der Waals surface area contributed by atoms with Gasteiger partial charge in [-0.05, 0) is 30.5 Å². The Balaban J connectivity index is 2.29. The van der Waals surface area contributed by atoms with Crippen LogP contribution in [-0.2, 0) is 6.54 Å². The number of hydrazine groups is 1. The molecule has 1 aromatic heterocycles. The van der Waals surface area contributed by atoms with Crippen molar-refractivity contribution < 1.29 is 0 Å². The Labute approximate surface area is 118 Å². The van der Waals surface area contributed by atoms with Crippen LogP contribution >= 0.6 is 11.6 Å². The monoisotopic (exact) mass is 278 g/mol. The number of benzene rings is 1. The lowest BCUT2D eigenvalue weighted by Gasteiger charge is -2.15. The molecular weight excluding hydrogens is 260 g/mol. The van der Waals surface area contributed by atoms with Crippen LogP contribution in [0.2, 0.25) is 5.02 Å². The van der Waals surface area contributed by atoms with Gasteiger partial charge in [0.2, 0.25) is 0 Å². The number of nitrogens with two attached hydrogens (primary N) is 1. The summed E-state index contributed by atoms with van der Waals surface area (Å²) < 4.78 is 1.93. The average molecular weight is 279 g/mol. The van der Waals surface area contributed by atoms with Crippen molar-refractivity contribution in [2.45, 2.75) is 32.9 Å². The van der Waals surface area contributed by atoms with Crippen molar-refractivity contribution in [1.82, 2.24) is 15.2 Å². The lowest BCUT2D eigenvalue weighted by molar-refractivity contribution is 0.598. The first-order chi connectivity index (χ1) is 9.15. The molecule has 1 atom stereocenters. The summed E-state index contributed by atoms with van der Waals surface area (Å²) in [5.74, 6) is 5.68. The number of rotatable bonds is 5. The first kappa shape index (κ1) is 14.1. The van der Waals surface area contributed by atoms with E-state index in [1.807, 2.05) is 42.2 Å². The van der Waals surface area contributed by atoms with Crippen LogP contribution in [0.3, 0.4) is 0 Å². The van der Waals surface area contributed by atoms with E-state index < -0.39 is 0 Å². The zero-order chi connectivity index (χ0) is 13.8. The maximum absolute atomic E-state index is 6.17. The van der Waals surface area contributed by atoms with Crippen LogP contribution in [0, 0.1) is 6.92 Å². The van der Waals surface area contributed by atoms with Crippen LogP contribution in [0.25, 0.3) is 0 Å². The third-order valence-electron chi connectivity index (χ3n) is 3.14. The van der Waals surface area contributed by atoms with Crippen molar-refractivity contribution in [2.75, 3.05) is 0 Å². The van der Waals surface area contributed by atoms with Gasteiger partial charge in [0.05, 0.1) is 12.2 Å². The van der Waals surface area contributed by atoms with Gasteiger partial charge in [0.1, 0.15) is 0 Å². The second-order valence-corrected chi connectivity index (χ2v) is 5.05. The number of hydrogen-bond acceptors (Lipinski definition) is 3. The van der Waals surface area contributed by atoms with Gasteiger partial charge < -0.3 is 0 Å². The molecule has 0 amide bonds. The first-order valence-electron chi connectivity index (χ1n) is 6.40. The number of hydrogen-bond donors (Lipinski definition) is 2. The fourth-order valence-electron chi connectivity index (χ4n) is 2.05. The van der Waals surface area contributed by atoms with E-state index in [1.165, 1.54) is 0 Å². The largest absolute Gasteiger partial charge is 0.272 e. The zero-order valence-corrected chi connectivity index (χ0v) is 12.0.